The topological polar surface area (TPSA) is 12.9 Å². The summed E-state index contributed by atoms with van der Waals surface area (Å²) in [7, 11) is 0. The average Bonchev–Trinajstić information content (AvgIpc) is 2.04. The van der Waals surface area contributed by atoms with Gasteiger partial charge in [-0.05, 0) is 41.9 Å². The molecule has 0 N–H and O–H groups in total. The quantitative estimate of drug-likeness (QED) is 0.570. The molecule has 1 aromatic rings. The van der Waals surface area contributed by atoms with E-state index in [0.29, 0.717) is 5.41 Å². The molecule has 1 nitrogen and oxygen atoms in total. The SMILES string of the molecule is CC1(C)CCCc2cnccc21. The van der Waals surface area contributed by atoms with Crippen LogP contribution in [0.3, 0.4) is 0 Å². The minimum Gasteiger partial charge on any atom is -0.264 e. The molecule has 0 saturated heterocycles. The summed E-state index contributed by atoms with van der Waals surface area (Å²) in [5.41, 5.74) is 3.33. The summed E-state index contributed by atoms with van der Waals surface area (Å²) in [4.78, 5) is 4.16. The van der Waals surface area contributed by atoms with Crippen molar-refractivity contribution in [1.29, 1.82) is 0 Å². The van der Waals surface area contributed by atoms with Gasteiger partial charge in [-0.2, -0.15) is 0 Å². The van der Waals surface area contributed by atoms with Crippen LogP contribution in [0.4, 0.5) is 0 Å². The van der Waals surface area contributed by atoms with Gasteiger partial charge in [0.15, 0.2) is 0 Å². The molecule has 0 aromatic carbocycles. The third kappa shape index (κ3) is 1.13. The maximum atomic E-state index is 4.16. The van der Waals surface area contributed by atoms with Crippen molar-refractivity contribution in [1.82, 2.24) is 4.98 Å². The lowest BCUT2D eigenvalue weighted by molar-refractivity contribution is 0.431. The van der Waals surface area contributed by atoms with Crippen LogP contribution in [-0.2, 0) is 11.8 Å². The van der Waals surface area contributed by atoms with Gasteiger partial charge < -0.3 is 0 Å². The van der Waals surface area contributed by atoms with E-state index in [2.05, 4.69) is 24.9 Å². The number of pyridine rings is 1. The van der Waals surface area contributed by atoms with Crippen LogP contribution in [0, 0.1) is 0 Å². The number of hydrogen-bond acceptors (Lipinski definition) is 1. The number of aromatic nitrogens is 1. The van der Waals surface area contributed by atoms with Crippen LogP contribution in [0.1, 0.15) is 37.8 Å². The van der Waals surface area contributed by atoms with Gasteiger partial charge in [0.1, 0.15) is 0 Å². The van der Waals surface area contributed by atoms with Crippen molar-refractivity contribution in [2.75, 3.05) is 0 Å². The van der Waals surface area contributed by atoms with E-state index in [9.17, 15) is 0 Å². The molecule has 0 radical (unpaired) electrons. The molecular weight excluding hydrogens is 146 g/mol. The van der Waals surface area contributed by atoms with E-state index >= 15 is 0 Å². The Bertz CT molecular complexity index is 289. The largest absolute Gasteiger partial charge is 0.264 e. The molecule has 12 heavy (non-hydrogen) atoms. The van der Waals surface area contributed by atoms with Crippen LogP contribution < -0.4 is 0 Å². The highest BCUT2D eigenvalue weighted by atomic mass is 14.6. The Morgan fingerprint density at radius 1 is 1.42 bits per heavy atom. The second-order valence-corrected chi connectivity index (χ2v) is 4.27. The maximum absolute atomic E-state index is 4.16. The van der Waals surface area contributed by atoms with Gasteiger partial charge in [-0.25, -0.2) is 0 Å². The standard InChI is InChI=1S/C11H15N/c1-11(2)6-3-4-9-8-12-7-5-10(9)11/h5,7-8H,3-4,6H2,1-2H3. The van der Waals surface area contributed by atoms with E-state index in [0.717, 1.165) is 0 Å². The van der Waals surface area contributed by atoms with Gasteiger partial charge in [0.25, 0.3) is 0 Å². The van der Waals surface area contributed by atoms with Gasteiger partial charge in [0.2, 0.25) is 0 Å². The fourth-order valence-electron chi connectivity index (χ4n) is 2.14. The maximum Gasteiger partial charge on any atom is 0.0302 e. The first-order valence-corrected chi connectivity index (χ1v) is 4.63. The van der Waals surface area contributed by atoms with Crippen molar-refractivity contribution in [3.8, 4) is 0 Å². The second kappa shape index (κ2) is 2.58. The number of rotatable bonds is 0. The Labute approximate surface area is 73.8 Å². The first-order valence-electron chi connectivity index (χ1n) is 4.63. The van der Waals surface area contributed by atoms with Crippen LogP contribution >= 0.6 is 0 Å². The fourth-order valence-corrected chi connectivity index (χ4v) is 2.14. The van der Waals surface area contributed by atoms with Crippen LogP contribution in [0.25, 0.3) is 0 Å². The molecule has 1 aromatic heterocycles. The molecule has 1 aliphatic carbocycles. The van der Waals surface area contributed by atoms with Crippen molar-refractivity contribution in [2.45, 2.75) is 38.5 Å². The molecule has 0 spiro atoms. The molecule has 2 rings (SSSR count). The Morgan fingerprint density at radius 2 is 2.25 bits per heavy atom. The Hall–Kier alpha value is -0.850. The van der Waals surface area contributed by atoms with Gasteiger partial charge in [0, 0.05) is 12.4 Å². The van der Waals surface area contributed by atoms with E-state index in [1.54, 1.807) is 0 Å². The zero-order valence-corrected chi connectivity index (χ0v) is 7.80. The highest BCUT2D eigenvalue weighted by molar-refractivity contribution is 5.32. The van der Waals surface area contributed by atoms with Crippen molar-refractivity contribution >= 4 is 0 Å². The molecular formula is C11H15N. The zero-order valence-electron chi connectivity index (χ0n) is 7.80. The van der Waals surface area contributed by atoms with E-state index in [-0.39, 0.29) is 0 Å². The van der Waals surface area contributed by atoms with Gasteiger partial charge in [-0.1, -0.05) is 13.8 Å². The first kappa shape index (κ1) is 7.78. The summed E-state index contributed by atoms with van der Waals surface area (Å²) in [6.07, 6.45) is 7.77. The average molecular weight is 161 g/mol. The van der Waals surface area contributed by atoms with E-state index in [1.807, 2.05) is 12.4 Å². The highest BCUT2D eigenvalue weighted by Gasteiger charge is 2.26. The summed E-state index contributed by atoms with van der Waals surface area (Å²) in [6.45, 7) is 4.65. The van der Waals surface area contributed by atoms with Gasteiger partial charge in [-0.3, -0.25) is 4.98 Å². The van der Waals surface area contributed by atoms with Crippen LogP contribution in [0.2, 0.25) is 0 Å². The van der Waals surface area contributed by atoms with Crippen LogP contribution in [0.5, 0.6) is 0 Å². The minimum atomic E-state index is 0.372. The lowest BCUT2D eigenvalue weighted by atomic mass is 9.73. The Morgan fingerprint density at radius 3 is 3.00 bits per heavy atom. The van der Waals surface area contributed by atoms with Crippen molar-refractivity contribution in [3.63, 3.8) is 0 Å². The minimum absolute atomic E-state index is 0.372. The third-order valence-electron chi connectivity index (χ3n) is 2.88. The molecule has 0 aliphatic heterocycles. The molecule has 0 unspecified atom stereocenters. The number of nitrogens with zero attached hydrogens (tertiary/aromatic N) is 1. The summed E-state index contributed by atoms with van der Waals surface area (Å²) >= 11 is 0. The lowest BCUT2D eigenvalue weighted by Gasteiger charge is -2.31. The van der Waals surface area contributed by atoms with Gasteiger partial charge in [0.05, 0.1) is 0 Å². The molecule has 0 atom stereocenters. The highest BCUT2D eigenvalue weighted by Crippen LogP contribution is 2.35. The second-order valence-electron chi connectivity index (χ2n) is 4.27. The van der Waals surface area contributed by atoms with Crippen molar-refractivity contribution in [3.05, 3.63) is 29.6 Å². The summed E-state index contributed by atoms with van der Waals surface area (Å²) in [5.74, 6) is 0. The number of hydrogen-bond donors (Lipinski definition) is 0. The Kier molecular flexibility index (Phi) is 1.67. The first-order chi connectivity index (χ1) is 5.70. The number of aryl methyl sites for hydroxylation is 1. The molecule has 1 aliphatic rings. The van der Waals surface area contributed by atoms with E-state index in [4.69, 9.17) is 0 Å². The summed E-state index contributed by atoms with van der Waals surface area (Å²) in [6, 6.07) is 2.18. The molecule has 0 bridgehead atoms. The van der Waals surface area contributed by atoms with Gasteiger partial charge >= 0.3 is 0 Å². The molecule has 0 amide bonds. The molecule has 1 heterocycles. The zero-order chi connectivity index (χ0) is 8.60. The smallest absolute Gasteiger partial charge is 0.0302 e. The third-order valence-corrected chi connectivity index (χ3v) is 2.88. The van der Waals surface area contributed by atoms with Crippen molar-refractivity contribution < 1.29 is 0 Å². The van der Waals surface area contributed by atoms with Crippen LogP contribution in [0.15, 0.2) is 18.5 Å². The molecule has 0 saturated carbocycles. The lowest BCUT2D eigenvalue weighted by Crippen LogP contribution is -2.23. The monoisotopic (exact) mass is 161 g/mol. The predicted molar refractivity (Wildman–Crippen MR) is 50.2 cm³/mol. The van der Waals surface area contributed by atoms with E-state index < -0.39 is 0 Å². The summed E-state index contributed by atoms with van der Waals surface area (Å²) < 4.78 is 0. The molecule has 64 valence electrons. The van der Waals surface area contributed by atoms with Gasteiger partial charge in [-0.15, -0.1) is 0 Å². The summed E-state index contributed by atoms with van der Waals surface area (Å²) in [5, 5.41) is 0. The Balaban J connectivity index is 2.52. The van der Waals surface area contributed by atoms with Crippen molar-refractivity contribution in [2.24, 2.45) is 0 Å². The number of fused-ring (bicyclic) bond motifs is 1. The predicted octanol–water partition coefficient (Wildman–Crippen LogP) is 2.70. The van der Waals surface area contributed by atoms with Crippen LogP contribution in [-0.4, -0.2) is 4.98 Å². The molecule has 1 heteroatoms. The van der Waals surface area contributed by atoms with E-state index in [1.165, 1.54) is 30.4 Å². The molecule has 0 fully saturated rings. The fraction of sp³-hybridized carbons (Fsp3) is 0.545. The normalized spacial score (nSPS) is 20.2.